The molecule has 3 nitrogen and oxygen atoms in total. The molecule has 0 aliphatic heterocycles. The van der Waals surface area contributed by atoms with E-state index in [4.69, 9.17) is 13.9 Å². The molecule has 0 amide bonds. The van der Waals surface area contributed by atoms with E-state index in [-0.39, 0.29) is 10.6 Å². The van der Waals surface area contributed by atoms with Crippen LogP contribution >= 0.6 is 0 Å². The molecule has 0 saturated carbocycles. The zero-order valence-corrected chi connectivity index (χ0v) is 20.7. The lowest BCUT2D eigenvalue weighted by Gasteiger charge is -2.43. The Kier molecular flexibility index (Phi) is 9.29. The molecule has 2 rings (SSSR count). The Balaban J connectivity index is 2.08. The van der Waals surface area contributed by atoms with Crippen LogP contribution in [0.3, 0.4) is 0 Å². The van der Waals surface area contributed by atoms with Gasteiger partial charge >= 0.3 is 0 Å². The van der Waals surface area contributed by atoms with Gasteiger partial charge in [0.15, 0.2) is 0 Å². The molecule has 166 valence electrons. The van der Waals surface area contributed by atoms with E-state index in [9.17, 15) is 0 Å². The lowest BCUT2D eigenvalue weighted by molar-refractivity contribution is -0.117. The van der Waals surface area contributed by atoms with Gasteiger partial charge in [-0.05, 0) is 42.1 Å². The normalized spacial score (nSPS) is 12.9. The largest absolute Gasteiger partial charge is 0.407 e. The van der Waals surface area contributed by atoms with E-state index in [1.807, 2.05) is 0 Å². The van der Waals surface area contributed by atoms with E-state index in [2.05, 4.69) is 95.3 Å². The molecule has 0 aliphatic rings. The van der Waals surface area contributed by atoms with E-state index in [1.165, 1.54) is 10.4 Å². The number of hydrogen-bond acceptors (Lipinski definition) is 3. The lowest BCUT2D eigenvalue weighted by Crippen LogP contribution is -2.66. The van der Waals surface area contributed by atoms with Gasteiger partial charge in [-0.15, -0.1) is 0 Å². The minimum atomic E-state index is -2.40. The van der Waals surface area contributed by atoms with Gasteiger partial charge in [-0.3, -0.25) is 0 Å². The summed E-state index contributed by atoms with van der Waals surface area (Å²) in [6.45, 7) is 12.4. The average molecular weight is 429 g/mol. The van der Waals surface area contributed by atoms with Gasteiger partial charge in [0.05, 0.1) is 5.60 Å². The third-order valence-corrected chi connectivity index (χ3v) is 10.8. The molecule has 0 N–H and O–H groups in total. The van der Waals surface area contributed by atoms with Crippen molar-refractivity contribution in [1.82, 2.24) is 0 Å². The summed E-state index contributed by atoms with van der Waals surface area (Å²) >= 11 is 0. The summed E-state index contributed by atoms with van der Waals surface area (Å²) < 4.78 is 17.7. The lowest BCUT2D eigenvalue weighted by atomic mass is 10.0. The molecule has 2 aromatic rings. The first-order valence-corrected chi connectivity index (χ1v) is 13.0. The van der Waals surface area contributed by atoms with Crippen LogP contribution in [0, 0.1) is 0 Å². The van der Waals surface area contributed by atoms with Crippen LogP contribution in [0.1, 0.15) is 60.3 Å². The van der Waals surface area contributed by atoms with E-state index in [1.54, 1.807) is 7.11 Å². The Hall–Kier alpha value is -1.46. The van der Waals surface area contributed by atoms with E-state index < -0.39 is 8.32 Å². The van der Waals surface area contributed by atoms with E-state index in [0.29, 0.717) is 6.79 Å². The van der Waals surface area contributed by atoms with Crippen molar-refractivity contribution in [3.8, 4) is 0 Å². The summed E-state index contributed by atoms with van der Waals surface area (Å²) in [6.07, 6.45) is 4.35. The first-order chi connectivity index (χ1) is 14.2. The fraction of sp³-hybridized carbons (Fsp3) is 0.538. The second kappa shape index (κ2) is 11.2. The summed E-state index contributed by atoms with van der Waals surface area (Å²) in [7, 11) is -0.740. The van der Waals surface area contributed by atoms with Crippen LogP contribution in [-0.4, -0.2) is 34.4 Å². The highest BCUT2D eigenvalue weighted by Crippen LogP contribution is 2.36. The minimum Gasteiger partial charge on any atom is -0.407 e. The number of unbranched alkanes of at least 4 members (excludes halogenated alkanes) is 2. The summed E-state index contributed by atoms with van der Waals surface area (Å²) in [5, 5.41) is 2.72. The molecule has 0 unspecified atom stereocenters. The Labute approximate surface area is 184 Å². The van der Waals surface area contributed by atoms with E-state index in [0.717, 1.165) is 32.3 Å². The Bertz CT molecular complexity index is 683. The first kappa shape index (κ1) is 24.8. The van der Waals surface area contributed by atoms with Crippen molar-refractivity contribution in [2.75, 3.05) is 20.5 Å². The summed E-state index contributed by atoms with van der Waals surface area (Å²) in [6, 6.07) is 21.7. The third kappa shape index (κ3) is 6.52. The molecule has 2 aromatic carbocycles. The van der Waals surface area contributed by atoms with Crippen LogP contribution in [0.2, 0.25) is 5.04 Å². The predicted octanol–water partition coefficient (Wildman–Crippen LogP) is 5.52. The molecule has 30 heavy (non-hydrogen) atoms. The molecular weight excluding hydrogens is 388 g/mol. The van der Waals surface area contributed by atoms with Gasteiger partial charge in [0, 0.05) is 13.7 Å². The average Bonchev–Trinajstić information content (AvgIpc) is 2.72. The summed E-state index contributed by atoms with van der Waals surface area (Å²) in [5.41, 5.74) is -0.144. The smallest absolute Gasteiger partial charge is 0.261 e. The third-order valence-electron chi connectivity index (χ3n) is 5.73. The molecule has 0 radical (unpaired) electrons. The zero-order valence-electron chi connectivity index (χ0n) is 19.7. The van der Waals surface area contributed by atoms with Crippen molar-refractivity contribution in [1.29, 1.82) is 0 Å². The molecule has 0 spiro atoms. The molecule has 0 fully saturated rings. The predicted molar refractivity (Wildman–Crippen MR) is 129 cm³/mol. The molecular formula is C26H40O3Si. The highest BCUT2D eigenvalue weighted by Gasteiger charge is 2.49. The number of methoxy groups -OCH3 is 1. The maximum atomic E-state index is 6.95. The monoisotopic (exact) mass is 428 g/mol. The summed E-state index contributed by atoms with van der Waals surface area (Å²) in [4.78, 5) is 0. The molecule has 4 heteroatoms. The zero-order chi connectivity index (χ0) is 22.1. The molecule has 0 saturated heterocycles. The van der Waals surface area contributed by atoms with Crippen LogP contribution in [0.5, 0.6) is 0 Å². The molecule has 0 heterocycles. The van der Waals surface area contributed by atoms with Crippen LogP contribution in [0.4, 0.5) is 0 Å². The maximum Gasteiger partial charge on any atom is 0.261 e. The van der Waals surface area contributed by atoms with Gasteiger partial charge in [0.2, 0.25) is 0 Å². The van der Waals surface area contributed by atoms with Crippen molar-refractivity contribution in [2.45, 2.75) is 70.9 Å². The van der Waals surface area contributed by atoms with Crippen LogP contribution < -0.4 is 10.4 Å². The van der Waals surface area contributed by atoms with Crippen molar-refractivity contribution in [3.63, 3.8) is 0 Å². The number of ether oxygens (including phenoxy) is 2. The van der Waals surface area contributed by atoms with Gasteiger partial charge in [0.25, 0.3) is 8.32 Å². The SMILES string of the molecule is COCOC(C)(C)CCCCCO[Si](c1ccccc1)(c1ccccc1)C(C)(C)C. The van der Waals surface area contributed by atoms with Crippen LogP contribution in [0.15, 0.2) is 60.7 Å². The molecule has 0 atom stereocenters. The highest BCUT2D eigenvalue weighted by atomic mass is 28.4. The molecule has 0 bridgehead atoms. The second-order valence-electron chi connectivity index (χ2n) is 9.63. The van der Waals surface area contributed by atoms with Gasteiger partial charge in [-0.25, -0.2) is 0 Å². The second-order valence-corrected chi connectivity index (χ2v) is 13.9. The number of benzene rings is 2. The highest BCUT2D eigenvalue weighted by molar-refractivity contribution is 6.99. The topological polar surface area (TPSA) is 27.7 Å². The molecule has 0 aromatic heterocycles. The number of rotatable bonds is 12. The Morgan fingerprint density at radius 3 is 1.73 bits per heavy atom. The van der Waals surface area contributed by atoms with Crippen molar-refractivity contribution in [3.05, 3.63) is 60.7 Å². The van der Waals surface area contributed by atoms with Crippen molar-refractivity contribution in [2.24, 2.45) is 0 Å². The van der Waals surface area contributed by atoms with Gasteiger partial charge in [0.1, 0.15) is 6.79 Å². The Morgan fingerprint density at radius 2 is 1.27 bits per heavy atom. The summed E-state index contributed by atoms with van der Waals surface area (Å²) in [5.74, 6) is 0. The van der Waals surface area contributed by atoms with Crippen molar-refractivity contribution >= 4 is 18.7 Å². The van der Waals surface area contributed by atoms with Crippen molar-refractivity contribution < 1.29 is 13.9 Å². The Morgan fingerprint density at radius 1 is 0.733 bits per heavy atom. The quantitative estimate of drug-likeness (QED) is 0.253. The fourth-order valence-corrected chi connectivity index (χ4v) is 8.71. The van der Waals surface area contributed by atoms with Gasteiger partial charge < -0.3 is 13.9 Å². The minimum absolute atomic E-state index is 0.0334. The number of hydrogen-bond donors (Lipinski definition) is 0. The fourth-order valence-electron chi connectivity index (χ4n) is 4.11. The van der Waals surface area contributed by atoms with Crippen LogP contribution in [-0.2, 0) is 13.9 Å². The van der Waals surface area contributed by atoms with Gasteiger partial charge in [-0.2, -0.15) is 0 Å². The van der Waals surface area contributed by atoms with Gasteiger partial charge in [-0.1, -0.05) is 94.3 Å². The standard InChI is InChI=1S/C26H40O3Si/c1-25(2,3)30(23-16-10-7-11-17-23,24-18-12-8-13-19-24)29-21-15-9-14-20-26(4,5)28-22-27-6/h7-8,10-13,16-19H,9,14-15,20-22H2,1-6H3. The maximum absolute atomic E-state index is 6.95. The van der Waals surface area contributed by atoms with Crippen LogP contribution in [0.25, 0.3) is 0 Å². The molecule has 0 aliphatic carbocycles. The van der Waals surface area contributed by atoms with E-state index >= 15 is 0 Å². The first-order valence-electron chi connectivity index (χ1n) is 11.1.